The molecule has 140 valence electrons. The first-order valence-electron chi connectivity index (χ1n) is 8.82. The average Bonchev–Trinajstić information content (AvgIpc) is 3.22. The number of carbonyl (C=O) groups excluding carboxylic acids is 1. The van der Waals surface area contributed by atoms with E-state index < -0.39 is 0 Å². The first kappa shape index (κ1) is 18.7. The summed E-state index contributed by atoms with van der Waals surface area (Å²) in [5.74, 6) is 1.84. The molecule has 8 nitrogen and oxygen atoms in total. The van der Waals surface area contributed by atoms with Gasteiger partial charge in [0, 0.05) is 30.8 Å². The van der Waals surface area contributed by atoms with Crippen molar-refractivity contribution in [3.05, 3.63) is 22.6 Å². The standard InChI is InChI=1S/C17H25N7OS/c1-5-14-21-22-17(26-14)20-13-8-11(2)18-16(19-13)12-6-7-24(9-12)15(25)10-23(3)4/h8,12H,5-7,9-10H2,1-4H3,(H,18,19,20,22). The number of hydrogen-bond donors (Lipinski definition) is 1. The van der Waals surface area contributed by atoms with Crippen LogP contribution in [-0.4, -0.2) is 69.6 Å². The van der Waals surface area contributed by atoms with Crippen molar-refractivity contribution < 1.29 is 4.79 Å². The highest BCUT2D eigenvalue weighted by atomic mass is 32.1. The highest BCUT2D eigenvalue weighted by Gasteiger charge is 2.29. The summed E-state index contributed by atoms with van der Waals surface area (Å²) in [5.41, 5.74) is 0.899. The van der Waals surface area contributed by atoms with Gasteiger partial charge < -0.3 is 15.1 Å². The fraction of sp³-hybridized carbons (Fsp3) is 0.588. The van der Waals surface area contributed by atoms with Crippen molar-refractivity contribution in [1.29, 1.82) is 0 Å². The maximum Gasteiger partial charge on any atom is 0.236 e. The zero-order valence-corrected chi connectivity index (χ0v) is 16.5. The predicted molar refractivity (Wildman–Crippen MR) is 102 cm³/mol. The van der Waals surface area contributed by atoms with Crippen molar-refractivity contribution in [2.75, 3.05) is 39.0 Å². The average molecular weight is 376 g/mol. The number of hydrogen-bond acceptors (Lipinski definition) is 8. The molecule has 2 aromatic heterocycles. The highest BCUT2D eigenvalue weighted by Crippen LogP contribution is 2.27. The van der Waals surface area contributed by atoms with Crippen LogP contribution in [0.25, 0.3) is 0 Å². The molecule has 3 heterocycles. The van der Waals surface area contributed by atoms with Gasteiger partial charge >= 0.3 is 0 Å². The molecule has 1 fully saturated rings. The van der Waals surface area contributed by atoms with Gasteiger partial charge in [0.05, 0.1) is 6.54 Å². The number of rotatable bonds is 6. The summed E-state index contributed by atoms with van der Waals surface area (Å²) >= 11 is 1.53. The van der Waals surface area contributed by atoms with Crippen LogP contribution in [0.3, 0.4) is 0 Å². The fourth-order valence-electron chi connectivity index (χ4n) is 2.96. The molecule has 0 bridgehead atoms. The molecule has 1 aliphatic heterocycles. The topological polar surface area (TPSA) is 87.1 Å². The second-order valence-electron chi connectivity index (χ2n) is 6.80. The maximum atomic E-state index is 12.3. The number of amides is 1. The molecular formula is C17H25N7OS. The molecule has 1 aliphatic rings. The Balaban J connectivity index is 1.70. The molecule has 1 unspecified atom stereocenters. The Morgan fingerprint density at radius 1 is 1.38 bits per heavy atom. The third kappa shape index (κ3) is 4.53. The van der Waals surface area contributed by atoms with Crippen molar-refractivity contribution in [2.45, 2.75) is 32.6 Å². The SMILES string of the molecule is CCc1nnc(Nc2cc(C)nc(C3CCN(C(=O)CN(C)C)C3)n2)s1. The van der Waals surface area contributed by atoms with Crippen molar-refractivity contribution in [1.82, 2.24) is 30.0 Å². The number of nitrogens with one attached hydrogen (secondary N) is 1. The van der Waals surface area contributed by atoms with Crippen LogP contribution in [0.4, 0.5) is 10.9 Å². The summed E-state index contributed by atoms with van der Waals surface area (Å²) in [5, 5.41) is 13.2. The quantitative estimate of drug-likeness (QED) is 0.824. The lowest BCUT2D eigenvalue weighted by Gasteiger charge is -2.19. The molecule has 0 aromatic carbocycles. The number of likely N-dealkylation sites (N-methyl/N-ethyl adjacent to an activating group) is 1. The molecule has 0 aliphatic carbocycles. The first-order chi connectivity index (χ1) is 12.4. The van der Waals surface area contributed by atoms with Crippen molar-refractivity contribution in [3.63, 3.8) is 0 Å². The summed E-state index contributed by atoms with van der Waals surface area (Å²) in [6.07, 6.45) is 1.76. The number of likely N-dealkylation sites (tertiary alicyclic amines) is 1. The normalized spacial score (nSPS) is 17.1. The van der Waals surface area contributed by atoms with Crippen LogP contribution in [-0.2, 0) is 11.2 Å². The lowest BCUT2D eigenvalue weighted by molar-refractivity contribution is -0.130. The molecule has 1 atom stereocenters. The van der Waals surface area contributed by atoms with Gasteiger partial charge in [-0.05, 0) is 33.9 Å². The van der Waals surface area contributed by atoms with Gasteiger partial charge in [0.25, 0.3) is 0 Å². The van der Waals surface area contributed by atoms with Crippen LogP contribution in [0.15, 0.2) is 6.07 Å². The lowest BCUT2D eigenvalue weighted by Crippen LogP contribution is -2.36. The van der Waals surface area contributed by atoms with E-state index in [-0.39, 0.29) is 11.8 Å². The monoisotopic (exact) mass is 375 g/mol. The minimum atomic E-state index is 0.157. The third-order valence-electron chi connectivity index (χ3n) is 4.23. The first-order valence-corrected chi connectivity index (χ1v) is 9.63. The van der Waals surface area contributed by atoms with Crippen molar-refractivity contribution >= 4 is 28.2 Å². The molecule has 0 spiro atoms. The number of anilines is 2. The van der Waals surface area contributed by atoms with E-state index in [9.17, 15) is 4.79 Å². The minimum Gasteiger partial charge on any atom is -0.341 e. The van der Waals surface area contributed by atoms with Gasteiger partial charge in [-0.15, -0.1) is 10.2 Å². The Morgan fingerprint density at radius 2 is 2.19 bits per heavy atom. The Hall–Kier alpha value is -2.13. The number of aryl methyl sites for hydroxylation is 2. The Bertz CT molecular complexity index is 776. The number of aromatic nitrogens is 4. The Labute approximate surface area is 157 Å². The van der Waals surface area contributed by atoms with Gasteiger partial charge in [-0.2, -0.15) is 0 Å². The molecule has 26 heavy (non-hydrogen) atoms. The van der Waals surface area contributed by atoms with E-state index >= 15 is 0 Å². The third-order valence-corrected chi connectivity index (χ3v) is 5.22. The molecular weight excluding hydrogens is 350 g/mol. The summed E-state index contributed by atoms with van der Waals surface area (Å²) in [6.45, 7) is 5.88. The van der Waals surface area contributed by atoms with Crippen LogP contribution in [0.5, 0.6) is 0 Å². The highest BCUT2D eigenvalue weighted by molar-refractivity contribution is 7.15. The number of nitrogens with zero attached hydrogens (tertiary/aromatic N) is 6. The van der Waals surface area contributed by atoms with E-state index in [0.717, 1.165) is 46.9 Å². The van der Waals surface area contributed by atoms with Crippen LogP contribution < -0.4 is 5.32 Å². The smallest absolute Gasteiger partial charge is 0.236 e. The van der Waals surface area contributed by atoms with E-state index in [2.05, 4.69) is 32.4 Å². The van der Waals surface area contributed by atoms with Gasteiger partial charge in [-0.3, -0.25) is 4.79 Å². The van der Waals surface area contributed by atoms with Gasteiger partial charge in [0.1, 0.15) is 16.6 Å². The molecule has 0 saturated carbocycles. The van der Waals surface area contributed by atoms with E-state index in [4.69, 9.17) is 0 Å². The van der Waals surface area contributed by atoms with E-state index in [1.165, 1.54) is 11.3 Å². The van der Waals surface area contributed by atoms with Gasteiger partial charge in [0.15, 0.2) is 0 Å². The van der Waals surface area contributed by atoms with Crippen LogP contribution in [0.1, 0.15) is 35.8 Å². The largest absolute Gasteiger partial charge is 0.341 e. The van der Waals surface area contributed by atoms with Gasteiger partial charge in [-0.25, -0.2) is 9.97 Å². The van der Waals surface area contributed by atoms with Crippen LogP contribution in [0.2, 0.25) is 0 Å². The van der Waals surface area contributed by atoms with E-state index in [1.54, 1.807) is 0 Å². The maximum absolute atomic E-state index is 12.3. The second kappa shape index (κ2) is 8.05. The van der Waals surface area contributed by atoms with Crippen molar-refractivity contribution in [2.24, 2.45) is 0 Å². The molecule has 1 N–H and O–H groups in total. The van der Waals surface area contributed by atoms with Crippen LogP contribution in [0, 0.1) is 6.92 Å². The molecule has 1 saturated heterocycles. The van der Waals surface area contributed by atoms with Gasteiger partial charge in [-0.1, -0.05) is 18.3 Å². The molecule has 0 radical (unpaired) electrons. The molecule has 3 rings (SSSR count). The van der Waals surface area contributed by atoms with E-state index in [0.29, 0.717) is 13.1 Å². The molecule has 1 amide bonds. The zero-order chi connectivity index (χ0) is 18.7. The summed E-state index contributed by atoms with van der Waals surface area (Å²) in [7, 11) is 3.81. The summed E-state index contributed by atoms with van der Waals surface area (Å²) < 4.78 is 0. The lowest BCUT2D eigenvalue weighted by atomic mass is 10.1. The van der Waals surface area contributed by atoms with Gasteiger partial charge in [0.2, 0.25) is 11.0 Å². The van der Waals surface area contributed by atoms with Crippen LogP contribution >= 0.6 is 11.3 Å². The molecule has 2 aromatic rings. The summed E-state index contributed by atoms with van der Waals surface area (Å²) in [4.78, 5) is 25.3. The second-order valence-corrected chi connectivity index (χ2v) is 7.86. The zero-order valence-electron chi connectivity index (χ0n) is 15.7. The number of carbonyl (C=O) groups is 1. The minimum absolute atomic E-state index is 0.157. The van der Waals surface area contributed by atoms with Crippen molar-refractivity contribution in [3.8, 4) is 0 Å². The molecule has 9 heteroatoms. The Kier molecular flexibility index (Phi) is 5.77. The Morgan fingerprint density at radius 3 is 2.88 bits per heavy atom. The summed E-state index contributed by atoms with van der Waals surface area (Å²) in [6, 6.07) is 1.90. The van der Waals surface area contributed by atoms with E-state index in [1.807, 2.05) is 36.9 Å². The fourth-order valence-corrected chi connectivity index (χ4v) is 3.65. The predicted octanol–water partition coefficient (Wildman–Crippen LogP) is 1.82.